The van der Waals surface area contributed by atoms with E-state index in [1.807, 2.05) is 13.8 Å². The molecule has 2 atom stereocenters. The fourth-order valence-electron chi connectivity index (χ4n) is 2.52. The zero-order valence-electron chi connectivity index (χ0n) is 12.4. The van der Waals surface area contributed by atoms with E-state index < -0.39 is 5.76 Å². The van der Waals surface area contributed by atoms with Crippen LogP contribution in [0.5, 0.6) is 0 Å². The van der Waals surface area contributed by atoms with E-state index in [0.29, 0.717) is 18.8 Å². The first-order chi connectivity index (χ1) is 10.5. The van der Waals surface area contributed by atoms with Gasteiger partial charge in [-0.05, 0) is 26.0 Å². The van der Waals surface area contributed by atoms with Crippen molar-refractivity contribution >= 4 is 5.91 Å². The molecule has 1 saturated heterocycles. The van der Waals surface area contributed by atoms with E-state index in [1.54, 1.807) is 17.0 Å². The molecule has 0 saturated carbocycles. The predicted octanol–water partition coefficient (Wildman–Crippen LogP) is 0.732. The number of amides is 1. The number of carbonyl (C=O) groups excluding carboxylic acids is 1. The fourth-order valence-corrected chi connectivity index (χ4v) is 2.52. The molecule has 3 heterocycles. The quantitative estimate of drug-likeness (QED) is 0.830. The maximum Gasteiger partial charge on any atom is 0.437 e. The van der Waals surface area contributed by atoms with Gasteiger partial charge in [-0.2, -0.15) is 4.68 Å². The van der Waals surface area contributed by atoms with E-state index in [9.17, 15) is 9.59 Å². The number of hydrogen-bond acceptors (Lipinski definition) is 6. The average molecular weight is 307 g/mol. The van der Waals surface area contributed by atoms with Crippen LogP contribution in [0.25, 0.3) is 11.7 Å². The molecule has 0 radical (unpaired) electrons. The second-order valence-corrected chi connectivity index (χ2v) is 5.36. The van der Waals surface area contributed by atoms with Crippen LogP contribution in [0.3, 0.4) is 0 Å². The van der Waals surface area contributed by atoms with Gasteiger partial charge in [-0.15, -0.1) is 5.10 Å². The Labute approximate surface area is 126 Å². The van der Waals surface area contributed by atoms with Crippen molar-refractivity contribution in [3.05, 3.63) is 28.9 Å². The highest BCUT2D eigenvalue weighted by molar-refractivity contribution is 5.76. The van der Waals surface area contributed by atoms with Crippen molar-refractivity contribution in [1.82, 2.24) is 14.7 Å². The van der Waals surface area contributed by atoms with E-state index in [4.69, 9.17) is 13.6 Å². The lowest BCUT2D eigenvalue weighted by Crippen LogP contribution is -2.49. The molecule has 0 N–H and O–H groups in total. The molecule has 8 heteroatoms. The summed E-state index contributed by atoms with van der Waals surface area (Å²) >= 11 is 0. The molecule has 0 spiro atoms. The van der Waals surface area contributed by atoms with Gasteiger partial charge >= 0.3 is 5.76 Å². The van der Waals surface area contributed by atoms with Crippen LogP contribution in [-0.4, -0.2) is 45.9 Å². The molecule has 0 aliphatic carbocycles. The third-order valence-electron chi connectivity index (χ3n) is 3.40. The lowest BCUT2D eigenvalue weighted by atomic mass is 10.2. The molecule has 2 unspecified atom stereocenters. The van der Waals surface area contributed by atoms with E-state index >= 15 is 0 Å². The largest absolute Gasteiger partial charge is 0.459 e. The minimum atomic E-state index is -0.686. The Hall–Kier alpha value is -2.35. The normalized spacial score (nSPS) is 22.0. The molecule has 1 fully saturated rings. The maximum absolute atomic E-state index is 12.3. The Kier molecular flexibility index (Phi) is 3.84. The Balaban J connectivity index is 1.73. The highest BCUT2D eigenvalue weighted by Crippen LogP contribution is 2.15. The van der Waals surface area contributed by atoms with Gasteiger partial charge in [-0.25, -0.2) is 4.79 Å². The second kappa shape index (κ2) is 5.80. The molecule has 2 aromatic heterocycles. The van der Waals surface area contributed by atoms with E-state index in [1.165, 1.54) is 6.26 Å². The molecular weight excluding hydrogens is 290 g/mol. The number of ether oxygens (including phenoxy) is 1. The number of furan rings is 1. The van der Waals surface area contributed by atoms with Crippen molar-refractivity contribution in [3.8, 4) is 11.7 Å². The molecule has 1 aliphatic rings. The van der Waals surface area contributed by atoms with Crippen LogP contribution >= 0.6 is 0 Å². The van der Waals surface area contributed by atoms with Crippen molar-refractivity contribution in [2.75, 3.05) is 13.1 Å². The van der Waals surface area contributed by atoms with Crippen LogP contribution in [-0.2, 0) is 16.1 Å². The molecule has 3 rings (SSSR count). The molecule has 0 aromatic carbocycles. The Morgan fingerprint density at radius 1 is 1.36 bits per heavy atom. The third-order valence-corrected chi connectivity index (χ3v) is 3.40. The van der Waals surface area contributed by atoms with E-state index in [-0.39, 0.29) is 30.6 Å². The van der Waals surface area contributed by atoms with E-state index in [0.717, 1.165) is 4.68 Å². The summed E-state index contributed by atoms with van der Waals surface area (Å²) in [5.74, 6) is -0.471. The number of carbonyl (C=O) groups is 1. The van der Waals surface area contributed by atoms with Gasteiger partial charge in [0, 0.05) is 13.1 Å². The van der Waals surface area contributed by atoms with Crippen molar-refractivity contribution in [1.29, 1.82) is 0 Å². The molecular formula is C14H17N3O5. The smallest absolute Gasteiger partial charge is 0.437 e. The van der Waals surface area contributed by atoms with Gasteiger partial charge in [-0.3, -0.25) is 4.79 Å². The van der Waals surface area contributed by atoms with Crippen LogP contribution < -0.4 is 5.76 Å². The highest BCUT2D eigenvalue weighted by Gasteiger charge is 2.27. The first-order valence-corrected chi connectivity index (χ1v) is 7.08. The third kappa shape index (κ3) is 2.96. The summed E-state index contributed by atoms with van der Waals surface area (Å²) < 4.78 is 16.7. The lowest BCUT2D eigenvalue weighted by Gasteiger charge is -2.35. The van der Waals surface area contributed by atoms with Crippen molar-refractivity contribution in [3.63, 3.8) is 0 Å². The van der Waals surface area contributed by atoms with Gasteiger partial charge < -0.3 is 18.5 Å². The Bertz CT molecular complexity index is 692. The molecule has 1 amide bonds. The molecule has 8 nitrogen and oxygen atoms in total. The zero-order chi connectivity index (χ0) is 15.7. The number of rotatable bonds is 3. The summed E-state index contributed by atoms with van der Waals surface area (Å²) in [4.78, 5) is 25.8. The van der Waals surface area contributed by atoms with Crippen molar-refractivity contribution in [2.24, 2.45) is 0 Å². The summed E-state index contributed by atoms with van der Waals surface area (Å²) in [6.45, 7) is 4.66. The van der Waals surface area contributed by atoms with Crippen LogP contribution in [0.15, 0.2) is 32.0 Å². The number of nitrogens with zero attached hydrogens (tertiary/aromatic N) is 3. The van der Waals surface area contributed by atoms with Crippen LogP contribution in [0, 0.1) is 0 Å². The zero-order valence-corrected chi connectivity index (χ0v) is 12.4. The topological polar surface area (TPSA) is 90.7 Å². The minimum absolute atomic E-state index is 0.0274. The summed E-state index contributed by atoms with van der Waals surface area (Å²) in [5.41, 5.74) is 0. The number of hydrogen-bond donors (Lipinski definition) is 0. The monoisotopic (exact) mass is 307 g/mol. The van der Waals surface area contributed by atoms with E-state index in [2.05, 4.69) is 5.10 Å². The first-order valence-electron chi connectivity index (χ1n) is 7.08. The Morgan fingerprint density at radius 2 is 2.09 bits per heavy atom. The molecule has 1 aliphatic heterocycles. The van der Waals surface area contributed by atoms with Gasteiger partial charge in [0.2, 0.25) is 5.91 Å². The van der Waals surface area contributed by atoms with Crippen molar-refractivity contribution in [2.45, 2.75) is 32.6 Å². The molecule has 22 heavy (non-hydrogen) atoms. The number of aromatic nitrogens is 2. The first kappa shape index (κ1) is 14.6. The summed E-state index contributed by atoms with van der Waals surface area (Å²) in [6, 6.07) is 3.29. The van der Waals surface area contributed by atoms with Gasteiger partial charge in [0.1, 0.15) is 6.54 Å². The van der Waals surface area contributed by atoms with Gasteiger partial charge in [0.15, 0.2) is 5.76 Å². The molecule has 118 valence electrons. The van der Waals surface area contributed by atoms with Crippen LogP contribution in [0.2, 0.25) is 0 Å². The van der Waals surface area contributed by atoms with Crippen molar-refractivity contribution < 1.29 is 18.4 Å². The SMILES string of the molecule is CC1CN(C(=O)Cn2nc(-c3ccco3)oc2=O)CC(C)O1. The van der Waals surface area contributed by atoms with Crippen LogP contribution in [0.4, 0.5) is 0 Å². The summed E-state index contributed by atoms with van der Waals surface area (Å²) in [7, 11) is 0. The van der Waals surface area contributed by atoms with Gasteiger partial charge in [-0.1, -0.05) is 0 Å². The van der Waals surface area contributed by atoms with Gasteiger partial charge in [0.05, 0.1) is 18.5 Å². The summed E-state index contributed by atoms with van der Waals surface area (Å²) in [6.07, 6.45) is 1.40. The Morgan fingerprint density at radius 3 is 2.73 bits per heavy atom. The maximum atomic E-state index is 12.3. The molecule has 0 bridgehead atoms. The van der Waals surface area contributed by atoms with Crippen LogP contribution in [0.1, 0.15) is 13.8 Å². The average Bonchev–Trinajstić information content (AvgIpc) is 3.08. The molecule has 2 aromatic rings. The minimum Gasteiger partial charge on any atom is -0.459 e. The number of morpholine rings is 1. The second-order valence-electron chi connectivity index (χ2n) is 5.36. The highest BCUT2D eigenvalue weighted by atomic mass is 16.5. The predicted molar refractivity (Wildman–Crippen MR) is 75.1 cm³/mol. The standard InChI is InChI=1S/C14H17N3O5/c1-9-6-16(7-10(2)21-9)12(18)8-17-14(19)22-13(15-17)11-4-3-5-20-11/h3-5,9-10H,6-8H2,1-2H3. The van der Waals surface area contributed by atoms with Gasteiger partial charge in [0.25, 0.3) is 5.89 Å². The lowest BCUT2D eigenvalue weighted by molar-refractivity contribution is -0.144. The summed E-state index contributed by atoms with van der Waals surface area (Å²) in [5, 5.41) is 3.99. The fraction of sp³-hybridized carbons (Fsp3) is 0.500.